The molecule has 0 saturated carbocycles. The Balaban J connectivity index is 2.25. The molecule has 2 rings (SSSR count). The monoisotopic (exact) mass is 235 g/mol. The number of nitrogens with one attached hydrogen (secondary N) is 1. The van der Waals surface area contributed by atoms with Crippen LogP contribution in [0, 0.1) is 5.82 Å². The maximum atomic E-state index is 13.2. The highest BCUT2D eigenvalue weighted by Crippen LogP contribution is 2.11. The maximum Gasteiger partial charge on any atom is 0.159 e. The average Bonchev–Trinajstić information content (AvgIpc) is 2.83. The summed E-state index contributed by atoms with van der Waals surface area (Å²) in [6, 6.07) is 1.46. The standard InChI is InChI=1S/C11H14FN5/c1-2-3-13-5-9-4-10(12)6-15-11(9)17-8-14-7-16-17/h4,6-8,13H,2-3,5H2,1H3. The molecule has 0 saturated heterocycles. The summed E-state index contributed by atoms with van der Waals surface area (Å²) in [5.41, 5.74) is 0.768. The molecule has 0 bridgehead atoms. The number of nitrogens with zero attached hydrogens (tertiary/aromatic N) is 4. The van der Waals surface area contributed by atoms with E-state index in [1.807, 2.05) is 0 Å². The number of hydrogen-bond acceptors (Lipinski definition) is 4. The van der Waals surface area contributed by atoms with E-state index in [0.717, 1.165) is 18.5 Å². The first-order chi connectivity index (χ1) is 8.31. The van der Waals surface area contributed by atoms with Crippen molar-refractivity contribution in [3.63, 3.8) is 0 Å². The van der Waals surface area contributed by atoms with Crippen molar-refractivity contribution in [2.45, 2.75) is 19.9 Å². The molecule has 5 nitrogen and oxygen atoms in total. The molecule has 0 unspecified atom stereocenters. The smallest absolute Gasteiger partial charge is 0.159 e. The van der Waals surface area contributed by atoms with Gasteiger partial charge in [0.15, 0.2) is 5.82 Å². The van der Waals surface area contributed by atoms with E-state index in [4.69, 9.17) is 0 Å². The Morgan fingerprint density at radius 3 is 3.06 bits per heavy atom. The van der Waals surface area contributed by atoms with Crippen LogP contribution in [-0.4, -0.2) is 26.3 Å². The highest BCUT2D eigenvalue weighted by atomic mass is 19.1. The third kappa shape index (κ3) is 2.85. The van der Waals surface area contributed by atoms with Crippen LogP contribution in [0.15, 0.2) is 24.9 Å². The molecular formula is C11H14FN5. The number of hydrogen-bond donors (Lipinski definition) is 1. The zero-order valence-corrected chi connectivity index (χ0v) is 9.60. The molecular weight excluding hydrogens is 221 g/mol. The lowest BCUT2D eigenvalue weighted by Gasteiger charge is -2.08. The summed E-state index contributed by atoms with van der Waals surface area (Å²) in [4.78, 5) is 7.90. The largest absolute Gasteiger partial charge is 0.313 e. The Kier molecular flexibility index (Phi) is 3.77. The second-order valence-electron chi connectivity index (χ2n) is 3.65. The van der Waals surface area contributed by atoms with Gasteiger partial charge in [0.25, 0.3) is 0 Å². The molecule has 1 N–H and O–H groups in total. The highest BCUT2D eigenvalue weighted by molar-refractivity contribution is 5.32. The SMILES string of the molecule is CCCNCc1cc(F)cnc1-n1cncn1. The summed E-state index contributed by atoms with van der Waals surface area (Å²) in [6.45, 7) is 3.52. The van der Waals surface area contributed by atoms with Crippen LogP contribution in [0.3, 0.4) is 0 Å². The van der Waals surface area contributed by atoms with Crippen molar-refractivity contribution >= 4 is 0 Å². The van der Waals surface area contributed by atoms with Gasteiger partial charge in [-0.1, -0.05) is 6.92 Å². The van der Waals surface area contributed by atoms with Crippen LogP contribution in [0.4, 0.5) is 4.39 Å². The van der Waals surface area contributed by atoms with Crippen molar-refractivity contribution in [1.29, 1.82) is 0 Å². The fourth-order valence-electron chi connectivity index (χ4n) is 1.53. The van der Waals surface area contributed by atoms with Crippen LogP contribution in [0.25, 0.3) is 5.82 Å². The van der Waals surface area contributed by atoms with Crippen LogP contribution >= 0.6 is 0 Å². The molecule has 6 heteroatoms. The normalized spacial score (nSPS) is 10.7. The number of halogens is 1. The summed E-state index contributed by atoms with van der Waals surface area (Å²) >= 11 is 0. The van der Waals surface area contributed by atoms with Gasteiger partial charge < -0.3 is 5.32 Å². The van der Waals surface area contributed by atoms with E-state index in [9.17, 15) is 4.39 Å². The lowest BCUT2D eigenvalue weighted by molar-refractivity contribution is 0.607. The van der Waals surface area contributed by atoms with Crippen molar-refractivity contribution in [2.75, 3.05) is 6.54 Å². The number of aromatic nitrogens is 4. The summed E-state index contributed by atoms with van der Waals surface area (Å²) < 4.78 is 14.7. The van der Waals surface area contributed by atoms with Crippen LogP contribution in [0.1, 0.15) is 18.9 Å². The fourth-order valence-corrected chi connectivity index (χ4v) is 1.53. The summed E-state index contributed by atoms with van der Waals surface area (Å²) in [5.74, 6) is 0.259. The van der Waals surface area contributed by atoms with Gasteiger partial charge in [-0.2, -0.15) is 5.10 Å². The van der Waals surface area contributed by atoms with Crippen LogP contribution in [0.5, 0.6) is 0 Å². The molecule has 0 amide bonds. The Labute approximate surface area is 98.7 Å². The molecule has 0 spiro atoms. The van der Waals surface area contributed by atoms with Crippen molar-refractivity contribution < 1.29 is 4.39 Å². The van der Waals surface area contributed by atoms with E-state index in [1.54, 1.807) is 6.33 Å². The van der Waals surface area contributed by atoms with Gasteiger partial charge in [0.1, 0.15) is 18.5 Å². The molecule has 2 aromatic rings. The maximum absolute atomic E-state index is 13.2. The van der Waals surface area contributed by atoms with Gasteiger partial charge in [0.05, 0.1) is 6.20 Å². The molecule has 0 radical (unpaired) electrons. The lowest BCUT2D eigenvalue weighted by Crippen LogP contribution is -2.16. The van der Waals surface area contributed by atoms with E-state index in [0.29, 0.717) is 12.4 Å². The van der Waals surface area contributed by atoms with Gasteiger partial charge in [-0.05, 0) is 19.0 Å². The molecule has 0 atom stereocenters. The van der Waals surface area contributed by atoms with E-state index in [2.05, 4.69) is 27.3 Å². The van der Waals surface area contributed by atoms with Crippen molar-refractivity contribution in [3.05, 3.63) is 36.3 Å². The highest BCUT2D eigenvalue weighted by Gasteiger charge is 2.08. The summed E-state index contributed by atoms with van der Waals surface area (Å²) in [7, 11) is 0. The number of pyridine rings is 1. The van der Waals surface area contributed by atoms with Gasteiger partial charge in [0.2, 0.25) is 0 Å². The second-order valence-corrected chi connectivity index (χ2v) is 3.65. The summed E-state index contributed by atoms with van der Waals surface area (Å²) in [6.07, 6.45) is 5.18. The Morgan fingerprint density at radius 1 is 1.47 bits per heavy atom. The van der Waals surface area contributed by atoms with E-state index in [1.165, 1.54) is 23.3 Å². The Morgan fingerprint density at radius 2 is 2.35 bits per heavy atom. The fraction of sp³-hybridized carbons (Fsp3) is 0.364. The van der Waals surface area contributed by atoms with Gasteiger partial charge >= 0.3 is 0 Å². The number of rotatable bonds is 5. The molecule has 0 aliphatic carbocycles. The molecule has 2 heterocycles. The van der Waals surface area contributed by atoms with Gasteiger partial charge in [0, 0.05) is 12.1 Å². The van der Waals surface area contributed by atoms with Crippen LogP contribution in [0.2, 0.25) is 0 Å². The molecule has 0 fully saturated rings. The quantitative estimate of drug-likeness (QED) is 0.794. The molecule has 0 aromatic carbocycles. The van der Waals surface area contributed by atoms with Crippen molar-refractivity contribution in [2.24, 2.45) is 0 Å². The van der Waals surface area contributed by atoms with Crippen molar-refractivity contribution in [1.82, 2.24) is 25.1 Å². The van der Waals surface area contributed by atoms with Gasteiger partial charge in [-0.15, -0.1) is 0 Å². The Bertz CT molecular complexity index is 469. The zero-order valence-electron chi connectivity index (χ0n) is 9.60. The third-order valence-corrected chi connectivity index (χ3v) is 2.29. The van der Waals surface area contributed by atoms with Gasteiger partial charge in [-0.25, -0.2) is 19.0 Å². The van der Waals surface area contributed by atoms with Crippen LogP contribution in [-0.2, 0) is 6.54 Å². The first-order valence-corrected chi connectivity index (χ1v) is 5.51. The minimum atomic E-state index is -0.345. The molecule has 90 valence electrons. The molecule has 17 heavy (non-hydrogen) atoms. The summed E-state index contributed by atoms with van der Waals surface area (Å²) in [5, 5.41) is 7.21. The van der Waals surface area contributed by atoms with Crippen molar-refractivity contribution in [3.8, 4) is 5.82 Å². The van der Waals surface area contributed by atoms with E-state index < -0.39 is 0 Å². The Hall–Kier alpha value is -1.82. The second kappa shape index (κ2) is 5.49. The molecule has 0 aliphatic rings. The minimum absolute atomic E-state index is 0.345. The first kappa shape index (κ1) is 11.7. The predicted molar refractivity (Wildman–Crippen MR) is 61.1 cm³/mol. The zero-order chi connectivity index (χ0) is 12.1. The van der Waals surface area contributed by atoms with Gasteiger partial charge in [-0.3, -0.25) is 0 Å². The first-order valence-electron chi connectivity index (χ1n) is 5.51. The predicted octanol–water partition coefficient (Wildman–Crippen LogP) is 1.30. The van der Waals surface area contributed by atoms with E-state index >= 15 is 0 Å². The topological polar surface area (TPSA) is 55.6 Å². The lowest BCUT2D eigenvalue weighted by atomic mass is 10.2. The average molecular weight is 235 g/mol. The van der Waals surface area contributed by atoms with Crippen LogP contribution < -0.4 is 5.32 Å². The minimum Gasteiger partial charge on any atom is -0.313 e. The molecule has 2 aromatic heterocycles. The van der Waals surface area contributed by atoms with E-state index in [-0.39, 0.29) is 5.82 Å². The third-order valence-electron chi connectivity index (χ3n) is 2.29. The molecule has 0 aliphatic heterocycles.